The lowest BCUT2D eigenvalue weighted by Gasteiger charge is -2.24. The Bertz CT molecular complexity index is 818. The fraction of sp³-hybridized carbons (Fsp3) is 0.333. The zero-order chi connectivity index (χ0) is 18.0. The van der Waals surface area contributed by atoms with Crippen molar-refractivity contribution in [3.8, 4) is 5.75 Å². The molecule has 2 aromatic carbocycles. The lowest BCUT2D eigenvalue weighted by Crippen LogP contribution is -2.30. The van der Waals surface area contributed by atoms with Gasteiger partial charge in [0.05, 0.1) is 17.4 Å². The first kappa shape index (κ1) is 18.1. The molecule has 1 aliphatic rings. The smallest absolute Gasteiger partial charge is 0.244 e. The van der Waals surface area contributed by atoms with Gasteiger partial charge in [0.1, 0.15) is 5.75 Å². The summed E-state index contributed by atoms with van der Waals surface area (Å²) >= 11 is 1.66. The second kappa shape index (κ2) is 7.27. The minimum atomic E-state index is -3.54. The molecule has 2 aromatic rings. The molecular weight excluding hydrogens is 356 g/mol. The van der Waals surface area contributed by atoms with Gasteiger partial charge in [0, 0.05) is 32.1 Å². The van der Waals surface area contributed by atoms with Crippen LogP contribution in [0.5, 0.6) is 5.75 Å². The number of thioether (sulfide) groups is 1. The maximum absolute atomic E-state index is 13.1. The van der Waals surface area contributed by atoms with Crippen molar-refractivity contribution in [2.45, 2.75) is 10.3 Å². The average molecular weight is 379 g/mol. The van der Waals surface area contributed by atoms with E-state index in [1.807, 2.05) is 43.3 Å². The van der Waals surface area contributed by atoms with Gasteiger partial charge in [-0.25, -0.2) is 8.42 Å². The predicted octanol–water partition coefficient (Wildman–Crippen LogP) is 3.20. The van der Waals surface area contributed by atoms with Crippen LogP contribution in [0.4, 0.5) is 5.69 Å². The fourth-order valence-corrected chi connectivity index (χ4v) is 6.02. The Kier molecular flexibility index (Phi) is 5.27. The van der Waals surface area contributed by atoms with Crippen LogP contribution in [0.25, 0.3) is 0 Å². The van der Waals surface area contributed by atoms with E-state index < -0.39 is 10.0 Å². The number of nitrogens with zero attached hydrogens (tertiary/aromatic N) is 2. The summed E-state index contributed by atoms with van der Waals surface area (Å²) in [5.41, 5.74) is 2.10. The van der Waals surface area contributed by atoms with E-state index in [1.165, 1.54) is 0 Å². The van der Waals surface area contributed by atoms with Crippen molar-refractivity contribution in [1.82, 2.24) is 4.31 Å². The zero-order valence-electron chi connectivity index (χ0n) is 14.5. The number of rotatable bonds is 5. The van der Waals surface area contributed by atoms with Gasteiger partial charge in [-0.2, -0.15) is 4.31 Å². The van der Waals surface area contributed by atoms with E-state index in [1.54, 1.807) is 47.4 Å². The van der Waals surface area contributed by atoms with Crippen molar-refractivity contribution in [3.05, 3.63) is 54.1 Å². The number of hydrogen-bond donors (Lipinski definition) is 0. The van der Waals surface area contributed by atoms with Gasteiger partial charge >= 0.3 is 0 Å². The van der Waals surface area contributed by atoms with Gasteiger partial charge in [-0.3, -0.25) is 0 Å². The summed E-state index contributed by atoms with van der Waals surface area (Å²) < 4.78 is 32.8. The van der Waals surface area contributed by atoms with Crippen LogP contribution in [0, 0.1) is 0 Å². The van der Waals surface area contributed by atoms with Gasteiger partial charge in [-0.1, -0.05) is 12.1 Å². The Hall–Kier alpha value is -1.70. The number of hydrogen-bond acceptors (Lipinski definition) is 5. The number of methoxy groups -OCH3 is 1. The summed E-state index contributed by atoms with van der Waals surface area (Å²) in [5, 5.41) is -0.191. The molecule has 1 fully saturated rings. The van der Waals surface area contributed by atoms with Crippen molar-refractivity contribution >= 4 is 27.5 Å². The molecule has 3 rings (SSSR count). The third kappa shape index (κ3) is 3.63. The summed E-state index contributed by atoms with van der Waals surface area (Å²) in [4.78, 5) is 2.32. The van der Waals surface area contributed by atoms with Crippen LogP contribution in [-0.4, -0.2) is 46.2 Å². The van der Waals surface area contributed by atoms with Crippen LogP contribution >= 0.6 is 11.8 Å². The molecule has 1 saturated heterocycles. The summed E-state index contributed by atoms with van der Waals surface area (Å²) in [6.07, 6.45) is 0. The lowest BCUT2D eigenvalue weighted by molar-refractivity contribution is 0.414. The molecule has 5 nitrogen and oxygen atoms in total. The summed E-state index contributed by atoms with van der Waals surface area (Å²) in [7, 11) is 1.99. The predicted molar refractivity (Wildman–Crippen MR) is 103 cm³/mol. The average Bonchev–Trinajstić information content (AvgIpc) is 3.12. The molecule has 0 saturated carbocycles. The van der Waals surface area contributed by atoms with E-state index >= 15 is 0 Å². The van der Waals surface area contributed by atoms with Gasteiger partial charge in [-0.15, -0.1) is 11.8 Å². The highest BCUT2D eigenvalue weighted by atomic mass is 32.2. The van der Waals surface area contributed by atoms with E-state index in [2.05, 4.69) is 0 Å². The number of anilines is 1. The summed E-state index contributed by atoms with van der Waals surface area (Å²) in [5.74, 6) is 1.43. The first-order valence-corrected chi connectivity index (χ1v) is 10.5. The lowest BCUT2D eigenvalue weighted by atomic mass is 10.2. The SMILES string of the molecule is COc1ccc(S(=O)(=O)N2CCSC2c2ccc(N(C)C)cc2)cc1. The maximum atomic E-state index is 13.1. The maximum Gasteiger partial charge on any atom is 0.244 e. The summed E-state index contributed by atoms with van der Waals surface area (Å²) in [6, 6.07) is 14.6. The minimum Gasteiger partial charge on any atom is -0.497 e. The Morgan fingerprint density at radius 2 is 1.72 bits per heavy atom. The van der Waals surface area contributed by atoms with E-state index in [4.69, 9.17) is 4.74 Å². The normalized spacial score (nSPS) is 18.3. The summed E-state index contributed by atoms with van der Waals surface area (Å²) in [6.45, 7) is 0.513. The van der Waals surface area contributed by atoms with Crippen molar-refractivity contribution in [2.24, 2.45) is 0 Å². The molecular formula is C18H22N2O3S2. The van der Waals surface area contributed by atoms with Crippen LogP contribution in [0.1, 0.15) is 10.9 Å². The van der Waals surface area contributed by atoms with Gasteiger partial charge < -0.3 is 9.64 Å². The number of benzene rings is 2. The van der Waals surface area contributed by atoms with Crippen LogP contribution in [0.3, 0.4) is 0 Å². The highest BCUT2D eigenvalue weighted by Crippen LogP contribution is 2.41. The highest BCUT2D eigenvalue weighted by molar-refractivity contribution is 8.01. The van der Waals surface area contributed by atoms with E-state index in [0.717, 1.165) is 17.0 Å². The monoisotopic (exact) mass is 378 g/mol. The third-order valence-electron chi connectivity index (χ3n) is 4.21. The van der Waals surface area contributed by atoms with Crippen LogP contribution < -0.4 is 9.64 Å². The topological polar surface area (TPSA) is 49.9 Å². The van der Waals surface area contributed by atoms with Crippen molar-refractivity contribution in [3.63, 3.8) is 0 Å². The molecule has 0 radical (unpaired) electrons. The Balaban J connectivity index is 1.89. The molecule has 1 heterocycles. The highest BCUT2D eigenvalue weighted by Gasteiger charge is 2.36. The fourth-order valence-electron chi connectivity index (χ4n) is 2.78. The van der Waals surface area contributed by atoms with Gasteiger partial charge in [0.2, 0.25) is 10.0 Å². The Morgan fingerprint density at radius 3 is 2.28 bits per heavy atom. The molecule has 0 amide bonds. The molecule has 134 valence electrons. The molecule has 0 aliphatic carbocycles. The molecule has 7 heteroatoms. The van der Waals surface area contributed by atoms with Crippen LogP contribution in [-0.2, 0) is 10.0 Å². The second-order valence-electron chi connectivity index (χ2n) is 6.00. The number of ether oxygens (including phenoxy) is 1. The van der Waals surface area contributed by atoms with Crippen LogP contribution in [0.2, 0.25) is 0 Å². The zero-order valence-corrected chi connectivity index (χ0v) is 16.2. The molecule has 25 heavy (non-hydrogen) atoms. The molecule has 0 N–H and O–H groups in total. The molecule has 1 atom stereocenters. The number of sulfonamides is 1. The van der Waals surface area contributed by atoms with Crippen molar-refractivity contribution < 1.29 is 13.2 Å². The minimum absolute atomic E-state index is 0.191. The quantitative estimate of drug-likeness (QED) is 0.800. The van der Waals surface area contributed by atoms with Gasteiger partial charge in [0.25, 0.3) is 0 Å². The molecule has 0 spiro atoms. The van der Waals surface area contributed by atoms with E-state index in [9.17, 15) is 8.42 Å². The molecule has 0 bridgehead atoms. The molecule has 0 aromatic heterocycles. The van der Waals surface area contributed by atoms with Crippen LogP contribution in [0.15, 0.2) is 53.4 Å². The first-order valence-electron chi connectivity index (χ1n) is 7.98. The van der Waals surface area contributed by atoms with Gasteiger partial charge in [0.15, 0.2) is 0 Å². The Morgan fingerprint density at radius 1 is 1.08 bits per heavy atom. The molecule has 1 aliphatic heterocycles. The van der Waals surface area contributed by atoms with Crippen molar-refractivity contribution in [1.29, 1.82) is 0 Å². The van der Waals surface area contributed by atoms with E-state index in [0.29, 0.717) is 17.2 Å². The first-order chi connectivity index (χ1) is 11.9. The Labute approximate surface area is 153 Å². The van der Waals surface area contributed by atoms with Crippen molar-refractivity contribution in [2.75, 3.05) is 38.4 Å². The standard InChI is InChI=1S/C18H22N2O3S2/c1-19(2)15-6-4-14(5-7-15)18-20(12-13-24-18)25(21,22)17-10-8-16(23-3)9-11-17/h4-11,18H,12-13H2,1-3H3. The third-order valence-corrected chi connectivity index (χ3v) is 7.48. The molecule has 1 unspecified atom stereocenters. The second-order valence-corrected chi connectivity index (χ2v) is 9.08. The van der Waals surface area contributed by atoms with E-state index in [-0.39, 0.29) is 5.37 Å². The largest absolute Gasteiger partial charge is 0.497 e. The van der Waals surface area contributed by atoms with Gasteiger partial charge in [-0.05, 0) is 42.0 Å².